The smallest absolute Gasteiger partial charge is 0.328 e. The molecule has 0 saturated carbocycles. The lowest BCUT2D eigenvalue weighted by atomic mass is 10.1. The van der Waals surface area contributed by atoms with Crippen LogP contribution in [0, 0.1) is 0 Å². The number of carbonyl (C=O) groups is 1. The number of aliphatic carboxylic acids is 1. The van der Waals surface area contributed by atoms with Crippen LogP contribution in [0.15, 0.2) is 24.3 Å². The van der Waals surface area contributed by atoms with E-state index >= 15 is 0 Å². The van der Waals surface area contributed by atoms with Gasteiger partial charge in [0.25, 0.3) is 0 Å². The Kier molecular flexibility index (Phi) is 4.71. The van der Waals surface area contributed by atoms with Gasteiger partial charge < -0.3 is 10.0 Å². The van der Waals surface area contributed by atoms with Crippen LogP contribution in [-0.4, -0.2) is 23.2 Å². The molecule has 1 aliphatic heterocycles. The maximum Gasteiger partial charge on any atom is 0.328 e. The van der Waals surface area contributed by atoms with Crippen molar-refractivity contribution in [3.8, 4) is 0 Å². The molecule has 0 aromatic heterocycles. The number of halogens is 1. The average Bonchev–Trinajstić information content (AvgIpc) is 2.78. The van der Waals surface area contributed by atoms with Crippen LogP contribution < -0.4 is 4.90 Å². The van der Waals surface area contributed by atoms with E-state index in [-0.39, 0.29) is 0 Å². The highest BCUT2D eigenvalue weighted by atomic mass is 35.5. The van der Waals surface area contributed by atoms with E-state index in [9.17, 15) is 4.79 Å². The molecule has 20 heavy (non-hydrogen) atoms. The summed E-state index contributed by atoms with van der Waals surface area (Å²) in [6, 6.07) is 6.94. The van der Waals surface area contributed by atoms with Gasteiger partial charge in [0.15, 0.2) is 0 Å². The summed E-state index contributed by atoms with van der Waals surface area (Å²) in [7, 11) is 0. The van der Waals surface area contributed by atoms with Crippen molar-refractivity contribution >= 4 is 29.3 Å². The van der Waals surface area contributed by atoms with Crippen molar-refractivity contribution in [1.29, 1.82) is 0 Å². The van der Waals surface area contributed by atoms with Crippen LogP contribution in [0.2, 0.25) is 5.02 Å². The highest BCUT2D eigenvalue weighted by molar-refractivity contribution is 6.32. The number of nitrogens with zero attached hydrogens (tertiary/aromatic N) is 1. The minimum atomic E-state index is -0.968. The summed E-state index contributed by atoms with van der Waals surface area (Å²) in [6.07, 6.45) is 6.18. The second-order valence-corrected chi connectivity index (χ2v) is 5.68. The van der Waals surface area contributed by atoms with Crippen molar-refractivity contribution in [1.82, 2.24) is 0 Å². The van der Waals surface area contributed by atoms with Gasteiger partial charge in [-0.2, -0.15) is 0 Å². The van der Waals surface area contributed by atoms with Crippen LogP contribution in [0.5, 0.6) is 0 Å². The molecule has 108 valence electrons. The van der Waals surface area contributed by atoms with Crippen LogP contribution in [0.3, 0.4) is 0 Å². The molecule has 0 spiro atoms. The van der Waals surface area contributed by atoms with E-state index in [1.54, 1.807) is 0 Å². The second kappa shape index (κ2) is 6.31. The van der Waals surface area contributed by atoms with Gasteiger partial charge in [-0.15, -0.1) is 0 Å². The lowest BCUT2D eigenvalue weighted by Crippen LogP contribution is -2.34. The van der Waals surface area contributed by atoms with Gasteiger partial charge in [0, 0.05) is 28.9 Å². The van der Waals surface area contributed by atoms with Crippen LogP contribution in [-0.2, 0) is 4.79 Å². The molecule has 2 unspecified atom stereocenters. The molecule has 2 atom stereocenters. The largest absolute Gasteiger partial charge is 0.478 e. The van der Waals surface area contributed by atoms with Crippen molar-refractivity contribution in [3.05, 3.63) is 34.9 Å². The number of carboxylic acid groups (broad SMARTS) is 1. The molecule has 1 fully saturated rings. The van der Waals surface area contributed by atoms with Crippen LogP contribution >= 0.6 is 11.6 Å². The third-order valence-electron chi connectivity index (χ3n) is 3.94. The highest BCUT2D eigenvalue weighted by Crippen LogP contribution is 2.34. The molecule has 1 saturated heterocycles. The third-order valence-corrected chi connectivity index (χ3v) is 4.27. The number of carboxylic acids is 1. The SMILES string of the molecule is CCC1CCC(C)N1c1ccc(/C=C/C(=O)O)c(Cl)c1. The third kappa shape index (κ3) is 3.15. The summed E-state index contributed by atoms with van der Waals surface area (Å²) >= 11 is 6.26. The first-order valence-electron chi connectivity index (χ1n) is 7.01. The fourth-order valence-electron chi connectivity index (χ4n) is 2.91. The molecule has 2 rings (SSSR count). The van der Waals surface area contributed by atoms with Crippen LogP contribution in [0.1, 0.15) is 38.7 Å². The Bertz CT molecular complexity index is 527. The van der Waals surface area contributed by atoms with Crippen LogP contribution in [0.25, 0.3) is 6.08 Å². The second-order valence-electron chi connectivity index (χ2n) is 5.27. The normalized spacial score (nSPS) is 22.6. The molecule has 1 aliphatic rings. The lowest BCUT2D eigenvalue weighted by Gasteiger charge is -2.30. The molecular formula is C16H20ClNO2. The summed E-state index contributed by atoms with van der Waals surface area (Å²) in [6.45, 7) is 4.45. The Hall–Kier alpha value is -1.48. The minimum absolute atomic E-state index is 0.524. The maximum atomic E-state index is 10.5. The fraction of sp³-hybridized carbons (Fsp3) is 0.438. The van der Waals surface area contributed by atoms with Gasteiger partial charge in [0.2, 0.25) is 0 Å². The van der Waals surface area contributed by atoms with E-state index in [2.05, 4.69) is 18.7 Å². The molecule has 0 radical (unpaired) electrons. The van der Waals surface area contributed by atoms with Gasteiger partial charge in [-0.25, -0.2) is 4.79 Å². The number of anilines is 1. The van der Waals surface area contributed by atoms with E-state index in [1.165, 1.54) is 18.9 Å². The fourth-order valence-corrected chi connectivity index (χ4v) is 3.15. The maximum absolute atomic E-state index is 10.5. The van der Waals surface area contributed by atoms with E-state index in [0.29, 0.717) is 17.1 Å². The van der Waals surface area contributed by atoms with Gasteiger partial charge >= 0.3 is 5.97 Å². The molecule has 1 aromatic carbocycles. The predicted octanol–water partition coefficient (Wildman–Crippen LogP) is 4.21. The molecule has 1 N–H and O–H groups in total. The van der Waals surface area contributed by atoms with Gasteiger partial charge in [0.05, 0.1) is 0 Å². The molecular weight excluding hydrogens is 274 g/mol. The first-order chi connectivity index (χ1) is 9.52. The van der Waals surface area contributed by atoms with E-state index in [4.69, 9.17) is 16.7 Å². The Morgan fingerprint density at radius 3 is 2.85 bits per heavy atom. The minimum Gasteiger partial charge on any atom is -0.478 e. The van der Waals surface area contributed by atoms with E-state index in [0.717, 1.165) is 23.7 Å². The van der Waals surface area contributed by atoms with Crippen molar-refractivity contribution < 1.29 is 9.90 Å². The summed E-state index contributed by atoms with van der Waals surface area (Å²) in [4.78, 5) is 13.0. The molecule has 4 heteroatoms. The number of hydrogen-bond donors (Lipinski definition) is 1. The molecule has 3 nitrogen and oxygen atoms in total. The summed E-state index contributed by atoms with van der Waals surface area (Å²) in [5, 5.41) is 9.25. The Morgan fingerprint density at radius 2 is 2.25 bits per heavy atom. The zero-order chi connectivity index (χ0) is 14.7. The number of rotatable bonds is 4. The van der Waals surface area contributed by atoms with Gasteiger partial charge in [-0.3, -0.25) is 0 Å². The molecule has 0 bridgehead atoms. The summed E-state index contributed by atoms with van der Waals surface area (Å²) in [5.41, 5.74) is 1.86. The summed E-state index contributed by atoms with van der Waals surface area (Å²) < 4.78 is 0. The monoisotopic (exact) mass is 293 g/mol. The Balaban J connectivity index is 2.26. The quantitative estimate of drug-likeness (QED) is 0.846. The highest BCUT2D eigenvalue weighted by Gasteiger charge is 2.29. The lowest BCUT2D eigenvalue weighted by molar-refractivity contribution is -0.131. The van der Waals surface area contributed by atoms with Gasteiger partial charge in [0.1, 0.15) is 0 Å². The molecule has 1 aromatic rings. The van der Waals surface area contributed by atoms with Crippen molar-refractivity contribution in [2.24, 2.45) is 0 Å². The first-order valence-corrected chi connectivity index (χ1v) is 7.39. The zero-order valence-corrected chi connectivity index (χ0v) is 12.6. The van der Waals surface area contributed by atoms with Crippen molar-refractivity contribution in [2.45, 2.75) is 45.2 Å². The van der Waals surface area contributed by atoms with Gasteiger partial charge in [-0.1, -0.05) is 24.6 Å². The van der Waals surface area contributed by atoms with Crippen molar-refractivity contribution in [2.75, 3.05) is 4.90 Å². The number of hydrogen-bond acceptors (Lipinski definition) is 2. The summed E-state index contributed by atoms with van der Waals surface area (Å²) in [5.74, 6) is -0.968. The average molecular weight is 294 g/mol. The number of benzene rings is 1. The topological polar surface area (TPSA) is 40.5 Å². The predicted molar refractivity (Wildman–Crippen MR) is 83.4 cm³/mol. The standard InChI is InChI=1S/C16H20ClNO2/c1-3-13-7-4-11(2)18(13)14-8-5-12(15(17)10-14)6-9-16(19)20/h5-6,8-11,13H,3-4,7H2,1-2H3,(H,19,20)/b9-6+. The molecule has 1 heterocycles. The van der Waals surface area contributed by atoms with E-state index in [1.807, 2.05) is 18.2 Å². The molecule has 0 amide bonds. The van der Waals surface area contributed by atoms with Gasteiger partial charge in [-0.05, 0) is 50.0 Å². The molecule has 0 aliphatic carbocycles. The van der Waals surface area contributed by atoms with Crippen LogP contribution in [0.4, 0.5) is 5.69 Å². The zero-order valence-electron chi connectivity index (χ0n) is 11.8. The Labute approximate surface area is 124 Å². The van der Waals surface area contributed by atoms with Crippen molar-refractivity contribution in [3.63, 3.8) is 0 Å². The first kappa shape index (κ1) is 14.9. The Morgan fingerprint density at radius 1 is 1.50 bits per heavy atom. The van der Waals surface area contributed by atoms with E-state index < -0.39 is 5.97 Å².